The van der Waals surface area contributed by atoms with Crippen LogP contribution in [0.1, 0.15) is 23.4 Å². The second kappa shape index (κ2) is 5.77. The molecule has 122 valence electrons. The van der Waals surface area contributed by atoms with Crippen LogP contribution in [-0.4, -0.2) is 38.3 Å². The van der Waals surface area contributed by atoms with Crippen LogP contribution in [0.3, 0.4) is 0 Å². The zero-order valence-corrected chi connectivity index (χ0v) is 13.7. The van der Waals surface area contributed by atoms with E-state index in [2.05, 4.69) is 33.2 Å². The van der Waals surface area contributed by atoms with Crippen molar-refractivity contribution in [1.82, 2.24) is 19.9 Å². The van der Waals surface area contributed by atoms with E-state index in [9.17, 15) is 0 Å². The Bertz CT molecular complexity index is 1010. The van der Waals surface area contributed by atoms with Gasteiger partial charge in [0.2, 0.25) is 0 Å². The average Bonchev–Trinajstić information content (AvgIpc) is 3.10. The van der Waals surface area contributed by atoms with Gasteiger partial charge in [-0.3, -0.25) is 15.0 Å². The van der Waals surface area contributed by atoms with Crippen molar-refractivity contribution in [3.8, 4) is 0 Å². The second-order valence-corrected chi connectivity index (χ2v) is 6.40. The summed E-state index contributed by atoms with van der Waals surface area (Å²) in [6, 6.07) is 12.3. The van der Waals surface area contributed by atoms with Crippen molar-refractivity contribution in [3.63, 3.8) is 0 Å². The Morgan fingerprint density at radius 1 is 1.04 bits per heavy atom. The molecule has 3 aromatic rings. The number of nitrogens with zero attached hydrogens (tertiary/aromatic N) is 5. The first-order valence-corrected chi connectivity index (χ1v) is 8.55. The fraction of sp³-hybridized carbons (Fsp3) is 0.200. The van der Waals surface area contributed by atoms with E-state index in [1.54, 1.807) is 0 Å². The highest BCUT2D eigenvalue weighted by molar-refractivity contribution is 6.04. The molecule has 1 aromatic carbocycles. The molecular weight excluding hydrogens is 310 g/mol. The Kier molecular flexibility index (Phi) is 3.30. The smallest absolute Gasteiger partial charge is 0.137 e. The summed E-state index contributed by atoms with van der Waals surface area (Å²) in [4.78, 5) is 20.8. The van der Waals surface area contributed by atoms with E-state index in [4.69, 9.17) is 9.98 Å². The summed E-state index contributed by atoms with van der Waals surface area (Å²) in [5, 5.41) is 0. The van der Waals surface area contributed by atoms with Gasteiger partial charge in [0, 0.05) is 30.7 Å². The zero-order chi connectivity index (χ0) is 16.6. The van der Waals surface area contributed by atoms with E-state index in [-0.39, 0.29) is 6.04 Å². The van der Waals surface area contributed by atoms with Crippen LogP contribution in [0.4, 0.5) is 0 Å². The summed E-state index contributed by atoms with van der Waals surface area (Å²) >= 11 is 0. The lowest BCUT2D eigenvalue weighted by Gasteiger charge is -2.21. The number of aliphatic imine (C=N–C) groups is 1. The third-order valence-corrected chi connectivity index (χ3v) is 4.71. The van der Waals surface area contributed by atoms with E-state index < -0.39 is 0 Å². The fourth-order valence-electron chi connectivity index (χ4n) is 3.44. The number of pyridine rings is 1. The molecule has 0 N–H and O–H groups in total. The topological polar surface area (TPSA) is 54.3 Å². The van der Waals surface area contributed by atoms with Crippen molar-refractivity contribution >= 4 is 22.9 Å². The molecule has 0 amide bonds. The second-order valence-electron chi connectivity index (χ2n) is 6.40. The van der Waals surface area contributed by atoms with Gasteiger partial charge >= 0.3 is 0 Å². The minimum Gasteiger partial charge on any atom is -0.331 e. The van der Waals surface area contributed by atoms with Crippen LogP contribution in [0.25, 0.3) is 17.1 Å². The molecule has 1 atom stereocenters. The Morgan fingerprint density at radius 2 is 1.96 bits per heavy atom. The predicted octanol–water partition coefficient (Wildman–Crippen LogP) is 3.07. The molecule has 5 nitrogen and oxygen atoms in total. The van der Waals surface area contributed by atoms with Crippen LogP contribution >= 0.6 is 0 Å². The predicted molar refractivity (Wildman–Crippen MR) is 98.2 cm³/mol. The van der Waals surface area contributed by atoms with Gasteiger partial charge in [-0.05, 0) is 43.2 Å². The molecule has 0 aliphatic carbocycles. The number of benzene rings is 1. The molecule has 2 aliphatic rings. The first-order valence-electron chi connectivity index (χ1n) is 8.55. The van der Waals surface area contributed by atoms with Gasteiger partial charge in [0.15, 0.2) is 0 Å². The highest BCUT2D eigenvalue weighted by Gasteiger charge is 2.28. The largest absolute Gasteiger partial charge is 0.331 e. The van der Waals surface area contributed by atoms with Crippen LogP contribution in [-0.2, 0) is 6.42 Å². The van der Waals surface area contributed by atoms with E-state index in [1.807, 2.05) is 42.7 Å². The molecule has 0 radical (unpaired) electrons. The maximum absolute atomic E-state index is 4.93. The van der Waals surface area contributed by atoms with Crippen LogP contribution in [0.5, 0.6) is 0 Å². The van der Waals surface area contributed by atoms with Crippen molar-refractivity contribution < 1.29 is 0 Å². The van der Waals surface area contributed by atoms with E-state index >= 15 is 0 Å². The van der Waals surface area contributed by atoms with E-state index in [0.717, 1.165) is 53.2 Å². The Morgan fingerprint density at radius 3 is 2.92 bits per heavy atom. The number of amidine groups is 1. The quantitative estimate of drug-likeness (QED) is 0.742. The Hall–Kier alpha value is -3.08. The molecule has 0 fully saturated rings. The van der Waals surface area contributed by atoms with Gasteiger partial charge in [0.1, 0.15) is 5.84 Å². The van der Waals surface area contributed by atoms with Crippen LogP contribution in [0.2, 0.25) is 0 Å². The van der Waals surface area contributed by atoms with Crippen molar-refractivity contribution in [2.45, 2.75) is 18.9 Å². The summed E-state index contributed by atoms with van der Waals surface area (Å²) in [6.45, 7) is 0.918. The molecule has 4 heterocycles. The third kappa shape index (κ3) is 2.58. The van der Waals surface area contributed by atoms with Gasteiger partial charge in [-0.2, -0.15) is 0 Å². The van der Waals surface area contributed by atoms with E-state index in [1.165, 1.54) is 0 Å². The standard InChI is InChI=1S/C20H17N5/c1-2-6-19-18(5-1)22-12-14(23-19)7-8-15-13-25-11-9-17-16(20(25)24-15)4-3-10-21-17/h1-6,9-12,15H,7-8,13H2. The summed E-state index contributed by atoms with van der Waals surface area (Å²) in [7, 11) is 0. The zero-order valence-electron chi connectivity index (χ0n) is 13.7. The van der Waals surface area contributed by atoms with Gasteiger partial charge < -0.3 is 4.90 Å². The lowest BCUT2D eigenvalue weighted by atomic mass is 10.1. The molecule has 2 aliphatic heterocycles. The monoisotopic (exact) mass is 327 g/mol. The van der Waals surface area contributed by atoms with Crippen LogP contribution < -0.4 is 0 Å². The summed E-state index contributed by atoms with van der Waals surface area (Å²) in [6.07, 6.45) is 9.71. The fourth-order valence-corrected chi connectivity index (χ4v) is 3.44. The van der Waals surface area contributed by atoms with Crippen molar-refractivity contribution in [1.29, 1.82) is 0 Å². The minimum absolute atomic E-state index is 0.277. The SMILES string of the molecule is C1=CN2CC(CCc3cnc4ccccc4n3)N=C2c2cccnc21. The number of rotatable bonds is 3. The lowest BCUT2D eigenvalue weighted by molar-refractivity contribution is 0.514. The number of hydrogen-bond acceptors (Lipinski definition) is 5. The van der Waals surface area contributed by atoms with Crippen molar-refractivity contribution in [2.75, 3.05) is 6.54 Å². The highest BCUT2D eigenvalue weighted by Crippen LogP contribution is 2.25. The number of aryl methyl sites for hydroxylation is 1. The minimum atomic E-state index is 0.277. The van der Waals surface area contributed by atoms with E-state index in [0.29, 0.717) is 0 Å². The molecule has 5 rings (SSSR count). The third-order valence-electron chi connectivity index (χ3n) is 4.71. The lowest BCUT2D eigenvalue weighted by Crippen LogP contribution is -2.27. The summed E-state index contributed by atoms with van der Waals surface area (Å²) < 4.78 is 0. The molecule has 0 bridgehead atoms. The van der Waals surface area contributed by atoms with Crippen molar-refractivity contribution in [2.24, 2.45) is 4.99 Å². The molecule has 0 spiro atoms. The molecule has 2 aromatic heterocycles. The molecule has 0 saturated heterocycles. The summed E-state index contributed by atoms with van der Waals surface area (Å²) in [5.41, 5.74) is 5.05. The highest BCUT2D eigenvalue weighted by atomic mass is 15.2. The number of aromatic nitrogens is 3. The van der Waals surface area contributed by atoms with Crippen LogP contribution in [0, 0.1) is 0 Å². The Labute approximate surface area is 145 Å². The van der Waals surface area contributed by atoms with Gasteiger partial charge in [-0.15, -0.1) is 0 Å². The van der Waals surface area contributed by atoms with Gasteiger partial charge in [-0.1, -0.05) is 12.1 Å². The molecule has 1 unspecified atom stereocenters. The molecule has 0 saturated carbocycles. The molecule has 5 heteroatoms. The Balaban J connectivity index is 1.34. The first-order chi connectivity index (χ1) is 12.4. The van der Waals surface area contributed by atoms with Gasteiger partial charge in [0.25, 0.3) is 0 Å². The number of fused-ring (bicyclic) bond motifs is 4. The maximum atomic E-state index is 4.93. The molecule has 25 heavy (non-hydrogen) atoms. The van der Waals surface area contributed by atoms with Crippen LogP contribution in [0.15, 0.2) is 60.0 Å². The normalized spacial score (nSPS) is 18.2. The maximum Gasteiger partial charge on any atom is 0.137 e. The average molecular weight is 327 g/mol. The van der Waals surface area contributed by atoms with Gasteiger partial charge in [0.05, 0.1) is 28.5 Å². The number of para-hydroxylation sites is 2. The van der Waals surface area contributed by atoms with Gasteiger partial charge in [-0.25, -0.2) is 4.98 Å². The number of hydrogen-bond donors (Lipinski definition) is 0. The molecular formula is C20H17N5. The van der Waals surface area contributed by atoms with Crippen molar-refractivity contribution in [3.05, 3.63) is 71.9 Å². The first kappa shape index (κ1) is 14.3. The summed E-state index contributed by atoms with van der Waals surface area (Å²) in [5.74, 6) is 1.04.